The van der Waals surface area contributed by atoms with E-state index in [-0.39, 0.29) is 24.1 Å². The lowest BCUT2D eigenvalue weighted by Gasteiger charge is -2.36. The maximum atomic E-state index is 13.1. The third-order valence-electron chi connectivity index (χ3n) is 4.25. The molecule has 1 aliphatic rings. The van der Waals surface area contributed by atoms with Crippen molar-refractivity contribution in [2.45, 2.75) is 24.9 Å². The first kappa shape index (κ1) is 18.9. The summed E-state index contributed by atoms with van der Waals surface area (Å²) >= 11 is 3.33. The summed E-state index contributed by atoms with van der Waals surface area (Å²) in [5.74, 6) is -0.364. The van der Waals surface area contributed by atoms with Crippen molar-refractivity contribution in [3.63, 3.8) is 0 Å². The van der Waals surface area contributed by atoms with E-state index in [1.54, 1.807) is 16.9 Å². The van der Waals surface area contributed by atoms with E-state index in [4.69, 9.17) is 0 Å². The summed E-state index contributed by atoms with van der Waals surface area (Å²) in [5, 5.41) is 10.5. The van der Waals surface area contributed by atoms with Crippen molar-refractivity contribution in [1.29, 1.82) is 0 Å². The van der Waals surface area contributed by atoms with Gasteiger partial charge in [-0.2, -0.15) is 5.10 Å². The molecule has 1 aliphatic heterocycles. The molecule has 5 nitrogen and oxygen atoms in total. The first-order valence-electron chi connectivity index (χ1n) is 7.55. The van der Waals surface area contributed by atoms with Crippen molar-refractivity contribution < 1.29 is 9.18 Å². The molecule has 2 aromatic rings. The smallest absolute Gasteiger partial charge is 0.248 e. The van der Waals surface area contributed by atoms with Gasteiger partial charge in [-0.1, -0.05) is 22.0 Å². The van der Waals surface area contributed by atoms with Gasteiger partial charge in [-0.25, -0.2) is 4.39 Å². The predicted molar refractivity (Wildman–Crippen MR) is 95.5 cm³/mol. The molecule has 1 aromatic carbocycles. The number of nitrogens with zero attached hydrogens (tertiary/aromatic N) is 2. The van der Waals surface area contributed by atoms with Crippen molar-refractivity contribution in [3.05, 3.63) is 52.5 Å². The summed E-state index contributed by atoms with van der Waals surface area (Å²) in [6.07, 6.45) is 4.89. The van der Waals surface area contributed by atoms with Crippen molar-refractivity contribution in [2.75, 3.05) is 13.1 Å². The molecule has 3 rings (SSSR count). The molecule has 1 saturated heterocycles. The molecule has 0 aliphatic carbocycles. The number of halogens is 3. The SMILES string of the molecule is Cl.O=C(NCc1ccc(F)cc1Br)C1(n2cccn2)CCNCC1. The quantitative estimate of drug-likeness (QED) is 0.804. The molecule has 0 atom stereocenters. The average Bonchev–Trinajstić information content (AvgIpc) is 3.09. The maximum Gasteiger partial charge on any atom is 0.248 e. The third-order valence-corrected chi connectivity index (χ3v) is 4.99. The average molecular weight is 418 g/mol. The molecular weight excluding hydrogens is 399 g/mol. The minimum Gasteiger partial charge on any atom is -0.350 e. The molecule has 1 amide bonds. The Hall–Kier alpha value is -1.44. The van der Waals surface area contributed by atoms with Gasteiger partial charge in [-0.3, -0.25) is 9.48 Å². The van der Waals surface area contributed by atoms with Gasteiger partial charge in [0, 0.05) is 23.4 Å². The van der Waals surface area contributed by atoms with Crippen LogP contribution in [0.5, 0.6) is 0 Å². The Kier molecular flexibility index (Phi) is 6.37. The summed E-state index contributed by atoms with van der Waals surface area (Å²) < 4.78 is 15.6. The van der Waals surface area contributed by atoms with Gasteiger partial charge >= 0.3 is 0 Å². The first-order chi connectivity index (χ1) is 11.1. The number of hydrogen-bond donors (Lipinski definition) is 2. The molecule has 24 heavy (non-hydrogen) atoms. The van der Waals surface area contributed by atoms with E-state index >= 15 is 0 Å². The fraction of sp³-hybridized carbons (Fsp3) is 0.375. The van der Waals surface area contributed by atoms with Crippen molar-refractivity contribution in [2.24, 2.45) is 0 Å². The lowest BCUT2D eigenvalue weighted by atomic mass is 9.87. The number of hydrogen-bond acceptors (Lipinski definition) is 3. The summed E-state index contributed by atoms with van der Waals surface area (Å²) in [6, 6.07) is 6.28. The summed E-state index contributed by atoms with van der Waals surface area (Å²) in [7, 11) is 0. The zero-order valence-corrected chi connectivity index (χ0v) is 15.4. The molecule has 1 aromatic heterocycles. The minimum atomic E-state index is -0.665. The van der Waals surface area contributed by atoms with Crippen molar-refractivity contribution in [3.8, 4) is 0 Å². The van der Waals surface area contributed by atoms with E-state index in [1.807, 2.05) is 12.3 Å². The van der Waals surface area contributed by atoms with E-state index in [0.29, 0.717) is 23.9 Å². The van der Waals surface area contributed by atoms with Crippen LogP contribution >= 0.6 is 28.3 Å². The molecule has 1 fully saturated rings. The number of aromatic nitrogens is 2. The highest BCUT2D eigenvalue weighted by Gasteiger charge is 2.41. The van der Waals surface area contributed by atoms with Gasteiger partial charge in [0.15, 0.2) is 0 Å². The molecule has 0 unspecified atom stereocenters. The van der Waals surface area contributed by atoms with Crippen LogP contribution in [0.25, 0.3) is 0 Å². The highest BCUT2D eigenvalue weighted by atomic mass is 79.9. The van der Waals surface area contributed by atoms with Crippen LogP contribution in [0.1, 0.15) is 18.4 Å². The second-order valence-electron chi connectivity index (χ2n) is 5.65. The molecule has 0 saturated carbocycles. The molecule has 8 heteroatoms. The predicted octanol–water partition coefficient (Wildman–Crippen LogP) is 2.60. The normalized spacial score (nSPS) is 16.2. The largest absolute Gasteiger partial charge is 0.350 e. The van der Waals surface area contributed by atoms with Crippen LogP contribution in [0.4, 0.5) is 4.39 Å². The Bertz CT molecular complexity index is 689. The van der Waals surface area contributed by atoms with Crippen LogP contribution in [-0.2, 0) is 16.9 Å². The van der Waals surface area contributed by atoms with Gasteiger partial charge < -0.3 is 10.6 Å². The van der Waals surface area contributed by atoms with Gasteiger partial charge in [0.05, 0.1) is 0 Å². The highest BCUT2D eigenvalue weighted by Crippen LogP contribution is 2.27. The van der Waals surface area contributed by atoms with Crippen LogP contribution < -0.4 is 10.6 Å². The standard InChI is InChI=1S/C16H18BrFN4O.ClH/c17-14-10-13(18)3-2-12(14)11-20-15(23)16(4-7-19-8-5-16)22-9-1-6-21-22;/h1-3,6,9-10,19H,4-5,7-8,11H2,(H,20,23);1H. The molecule has 130 valence electrons. The maximum absolute atomic E-state index is 13.1. The number of carbonyl (C=O) groups is 1. The van der Waals surface area contributed by atoms with Gasteiger partial charge in [-0.15, -0.1) is 12.4 Å². The van der Waals surface area contributed by atoms with Crippen LogP contribution in [0.3, 0.4) is 0 Å². The Morgan fingerprint density at radius 2 is 2.17 bits per heavy atom. The first-order valence-corrected chi connectivity index (χ1v) is 8.34. The van der Waals surface area contributed by atoms with Crippen LogP contribution in [0.15, 0.2) is 41.1 Å². The van der Waals surface area contributed by atoms with E-state index < -0.39 is 5.54 Å². The Balaban J connectivity index is 0.00000208. The van der Waals surface area contributed by atoms with E-state index in [9.17, 15) is 9.18 Å². The van der Waals surface area contributed by atoms with Gasteiger partial charge in [0.25, 0.3) is 0 Å². The van der Waals surface area contributed by atoms with E-state index in [1.165, 1.54) is 12.1 Å². The number of benzene rings is 1. The number of piperidine rings is 1. The Labute approximate surface area is 154 Å². The van der Waals surface area contributed by atoms with Gasteiger partial charge in [0.2, 0.25) is 5.91 Å². The van der Waals surface area contributed by atoms with Crippen LogP contribution in [-0.4, -0.2) is 28.8 Å². The molecule has 0 bridgehead atoms. The van der Waals surface area contributed by atoms with Gasteiger partial charge in [-0.05, 0) is 49.7 Å². The van der Waals surface area contributed by atoms with Crippen LogP contribution in [0.2, 0.25) is 0 Å². The molecule has 2 heterocycles. The second-order valence-corrected chi connectivity index (χ2v) is 6.50. The van der Waals surface area contributed by atoms with E-state index in [2.05, 4.69) is 31.7 Å². The van der Waals surface area contributed by atoms with Crippen LogP contribution in [0, 0.1) is 5.82 Å². The highest BCUT2D eigenvalue weighted by molar-refractivity contribution is 9.10. The summed E-state index contributed by atoms with van der Waals surface area (Å²) in [6.45, 7) is 1.89. The lowest BCUT2D eigenvalue weighted by Crippen LogP contribution is -2.54. The molecule has 0 radical (unpaired) electrons. The number of amides is 1. The number of nitrogens with one attached hydrogen (secondary N) is 2. The monoisotopic (exact) mass is 416 g/mol. The van der Waals surface area contributed by atoms with Crippen molar-refractivity contribution in [1.82, 2.24) is 20.4 Å². The minimum absolute atomic E-state index is 0. The van der Waals surface area contributed by atoms with Gasteiger partial charge in [0.1, 0.15) is 11.4 Å². The molecular formula is C16H19BrClFN4O. The second kappa shape index (κ2) is 8.09. The van der Waals surface area contributed by atoms with Crippen molar-refractivity contribution >= 4 is 34.2 Å². The van der Waals surface area contributed by atoms with E-state index in [0.717, 1.165) is 18.7 Å². The zero-order valence-electron chi connectivity index (χ0n) is 13.0. The zero-order chi connectivity index (χ0) is 16.3. The third kappa shape index (κ3) is 3.79. The fourth-order valence-corrected chi connectivity index (χ4v) is 3.42. The topological polar surface area (TPSA) is 59.0 Å². The number of rotatable bonds is 4. The Morgan fingerprint density at radius 3 is 2.79 bits per heavy atom. The summed E-state index contributed by atoms with van der Waals surface area (Å²) in [5.41, 5.74) is 0.172. The Morgan fingerprint density at radius 1 is 1.42 bits per heavy atom. The fourth-order valence-electron chi connectivity index (χ4n) is 2.93. The summed E-state index contributed by atoms with van der Waals surface area (Å²) in [4.78, 5) is 12.9. The molecule has 0 spiro atoms. The lowest BCUT2D eigenvalue weighted by molar-refractivity contribution is -0.132. The molecule has 2 N–H and O–H groups in total. The number of carbonyl (C=O) groups excluding carboxylic acids is 1.